The van der Waals surface area contributed by atoms with Gasteiger partial charge in [-0.05, 0) is 36.2 Å². The Balaban J connectivity index is 2.03. The van der Waals surface area contributed by atoms with Gasteiger partial charge in [0.05, 0.1) is 17.6 Å². The third-order valence-electron chi connectivity index (χ3n) is 4.32. The van der Waals surface area contributed by atoms with E-state index in [0.717, 1.165) is 17.7 Å². The van der Waals surface area contributed by atoms with Crippen LogP contribution in [-0.2, 0) is 21.9 Å². The van der Waals surface area contributed by atoms with E-state index in [4.69, 9.17) is 0 Å². The SMILES string of the molecule is CCc1ccc(NS(=O)(=O)c2cn(-c3ccccc3)nc2C(C)(C)C)cc1. The lowest BCUT2D eigenvalue weighted by molar-refractivity contribution is 0.543. The van der Waals surface area contributed by atoms with Crippen LogP contribution < -0.4 is 4.72 Å². The maximum absolute atomic E-state index is 13.1. The number of nitrogens with one attached hydrogen (secondary N) is 1. The van der Waals surface area contributed by atoms with Crippen molar-refractivity contribution in [3.63, 3.8) is 0 Å². The molecule has 1 aromatic heterocycles. The van der Waals surface area contributed by atoms with Crippen LogP contribution >= 0.6 is 0 Å². The number of aromatic nitrogens is 2. The topological polar surface area (TPSA) is 64.0 Å². The second kappa shape index (κ2) is 7.19. The number of hydrogen-bond donors (Lipinski definition) is 1. The van der Waals surface area contributed by atoms with Crippen LogP contribution in [0.3, 0.4) is 0 Å². The van der Waals surface area contributed by atoms with Crippen molar-refractivity contribution in [2.45, 2.75) is 44.4 Å². The maximum Gasteiger partial charge on any atom is 0.265 e. The summed E-state index contributed by atoms with van der Waals surface area (Å²) in [5, 5.41) is 4.58. The minimum absolute atomic E-state index is 0.193. The lowest BCUT2D eigenvalue weighted by atomic mass is 9.92. The van der Waals surface area contributed by atoms with Crippen molar-refractivity contribution < 1.29 is 8.42 Å². The Labute approximate surface area is 161 Å². The molecule has 0 amide bonds. The minimum Gasteiger partial charge on any atom is -0.280 e. The second-order valence-corrected chi connectivity index (χ2v) is 9.18. The summed E-state index contributed by atoms with van der Waals surface area (Å²) in [6, 6.07) is 16.9. The monoisotopic (exact) mass is 383 g/mol. The van der Waals surface area contributed by atoms with Crippen LogP contribution in [0.5, 0.6) is 0 Å². The number of para-hydroxylation sites is 1. The molecule has 5 nitrogen and oxygen atoms in total. The molecule has 0 atom stereocenters. The van der Waals surface area contributed by atoms with E-state index < -0.39 is 15.4 Å². The number of anilines is 1. The summed E-state index contributed by atoms with van der Waals surface area (Å²) in [5.74, 6) is 0. The van der Waals surface area contributed by atoms with E-state index in [-0.39, 0.29) is 4.90 Å². The van der Waals surface area contributed by atoms with Gasteiger partial charge >= 0.3 is 0 Å². The molecule has 27 heavy (non-hydrogen) atoms. The first-order chi connectivity index (χ1) is 12.7. The largest absolute Gasteiger partial charge is 0.280 e. The van der Waals surface area contributed by atoms with Gasteiger partial charge in [-0.3, -0.25) is 4.72 Å². The third-order valence-corrected chi connectivity index (χ3v) is 5.70. The fraction of sp³-hybridized carbons (Fsp3) is 0.286. The average molecular weight is 384 g/mol. The van der Waals surface area contributed by atoms with Crippen molar-refractivity contribution in [3.05, 3.63) is 72.1 Å². The van der Waals surface area contributed by atoms with Gasteiger partial charge < -0.3 is 0 Å². The summed E-state index contributed by atoms with van der Waals surface area (Å²) in [6.45, 7) is 7.94. The van der Waals surface area contributed by atoms with Crippen LogP contribution in [0.1, 0.15) is 39.0 Å². The second-order valence-electron chi connectivity index (χ2n) is 7.53. The molecule has 0 bridgehead atoms. The van der Waals surface area contributed by atoms with Gasteiger partial charge in [-0.1, -0.05) is 58.0 Å². The molecule has 1 heterocycles. The summed E-state index contributed by atoms with van der Waals surface area (Å²) >= 11 is 0. The molecule has 0 aliphatic rings. The molecule has 3 rings (SSSR count). The molecule has 0 saturated carbocycles. The van der Waals surface area contributed by atoms with Gasteiger partial charge in [-0.2, -0.15) is 5.10 Å². The maximum atomic E-state index is 13.1. The minimum atomic E-state index is -3.77. The lowest BCUT2D eigenvalue weighted by Gasteiger charge is -2.18. The van der Waals surface area contributed by atoms with E-state index in [1.165, 1.54) is 0 Å². The van der Waals surface area contributed by atoms with E-state index in [1.807, 2.05) is 63.2 Å². The van der Waals surface area contributed by atoms with E-state index in [0.29, 0.717) is 11.4 Å². The number of nitrogens with zero attached hydrogens (tertiary/aromatic N) is 2. The predicted molar refractivity (Wildman–Crippen MR) is 109 cm³/mol. The number of rotatable bonds is 5. The van der Waals surface area contributed by atoms with Crippen molar-refractivity contribution in [1.29, 1.82) is 0 Å². The zero-order valence-corrected chi connectivity index (χ0v) is 16.9. The molecule has 0 fully saturated rings. The van der Waals surface area contributed by atoms with E-state index in [2.05, 4.69) is 16.7 Å². The molecular formula is C21H25N3O2S. The highest BCUT2D eigenvalue weighted by atomic mass is 32.2. The van der Waals surface area contributed by atoms with Gasteiger partial charge in [0.1, 0.15) is 4.90 Å². The van der Waals surface area contributed by atoms with E-state index in [9.17, 15) is 8.42 Å². The standard InChI is InChI=1S/C21H25N3O2S/c1-5-16-11-13-17(14-12-16)23-27(25,26)19-15-24(18-9-7-6-8-10-18)22-20(19)21(2,3)4/h6-15,23H,5H2,1-4H3. The van der Waals surface area contributed by atoms with E-state index >= 15 is 0 Å². The summed E-state index contributed by atoms with van der Waals surface area (Å²) in [5.41, 5.74) is 2.63. The van der Waals surface area contributed by atoms with Crippen molar-refractivity contribution in [2.24, 2.45) is 0 Å². The zero-order chi connectivity index (χ0) is 19.7. The smallest absolute Gasteiger partial charge is 0.265 e. The Hall–Kier alpha value is -2.60. The Morgan fingerprint density at radius 3 is 2.19 bits per heavy atom. The summed E-state index contributed by atoms with van der Waals surface area (Å²) in [6.07, 6.45) is 2.49. The molecule has 0 spiro atoms. The predicted octanol–water partition coefficient (Wildman–Crippen LogP) is 4.53. The van der Waals surface area contributed by atoms with Crippen LogP contribution in [0, 0.1) is 0 Å². The highest BCUT2D eigenvalue weighted by molar-refractivity contribution is 7.92. The molecule has 6 heteroatoms. The van der Waals surface area contributed by atoms with Gasteiger partial charge in [0.2, 0.25) is 0 Å². The van der Waals surface area contributed by atoms with Gasteiger partial charge in [0.25, 0.3) is 10.0 Å². The number of aryl methyl sites for hydroxylation is 1. The number of hydrogen-bond acceptors (Lipinski definition) is 3. The Morgan fingerprint density at radius 2 is 1.63 bits per heavy atom. The highest BCUT2D eigenvalue weighted by Crippen LogP contribution is 2.30. The van der Waals surface area contributed by atoms with Gasteiger partial charge in [0, 0.05) is 11.1 Å². The molecule has 0 saturated heterocycles. The molecule has 142 valence electrons. The van der Waals surface area contributed by atoms with Crippen molar-refractivity contribution in [3.8, 4) is 5.69 Å². The third kappa shape index (κ3) is 4.22. The molecule has 2 aromatic carbocycles. The molecule has 0 radical (unpaired) electrons. The first-order valence-electron chi connectivity index (χ1n) is 8.98. The fourth-order valence-corrected chi connectivity index (χ4v) is 4.20. The molecule has 1 N–H and O–H groups in total. The lowest BCUT2D eigenvalue weighted by Crippen LogP contribution is -2.20. The summed E-state index contributed by atoms with van der Waals surface area (Å²) in [4.78, 5) is 0.193. The van der Waals surface area contributed by atoms with Crippen LogP contribution in [-0.4, -0.2) is 18.2 Å². The number of sulfonamides is 1. The van der Waals surface area contributed by atoms with Crippen LogP contribution in [0.2, 0.25) is 0 Å². The Kier molecular flexibility index (Phi) is 5.11. The Bertz CT molecular complexity index is 1020. The fourth-order valence-electron chi connectivity index (χ4n) is 2.81. The highest BCUT2D eigenvalue weighted by Gasteiger charge is 2.30. The average Bonchev–Trinajstić information content (AvgIpc) is 3.10. The van der Waals surface area contributed by atoms with Crippen molar-refractivity contribution in [2.75, 3.05) is 4.72 Å². The summed E-state index contributed by atoms with van der Waals surface area (Å²) < 4.78 is 30.5. The van der Waals surface area contributed by atoms with Crippen molar-refractivity contribution in [1.82, 2.24) is 9.78 Å². The number of benzene rings is 2. The van der Waals surface area contributed by atoms with E-state index in [1.54, 1.807) is 23.0 Å². The van der Waals surface area contributed by atoms with Crippen LogP contribution in [0.25, 0.3) is 5.69 Å². The molecule has 0 unspecified atom stereocenters. The van der Waals surface area contributed by atoms with Gasteiger partial charge in [-0.15, -0.1) is 0 Å². The molecule has 0 aliphatic carbocycles. The molecular weight excluding hydrogens is 358 g/mol. The molecule has 0 aliphatic heterocycles. The van der Waals surface area contributed by atoms with Crippen LogP contribution in [0.15, 0.2) is 65.7 Å². The van der Waals surface area contributed by atoms with Crippen LogP contribution in [0.4, 0.5) is 5.69 Å². The first-order valence-corrected chi connectivity index (χ1v) is 10.5. The zero-order valence-electron chi connectivity index (χ0n) is 16.1. The molecule has 3 aromatic rings. The van der Waals surface area contributed by atoms with Gasteiger partial charge in [-0.25, -0.2) is 13.1 Å². The quantitative estimate of drug-likeness (QED) is 0.704. The summed E-state index contributed by atoms with van der Waals surface area (Å²) in [7, 11) is -3.77. The Morgan fingerprint density at radius 1 is 1.00 bits per heavy atom. The van der Waals surface area contributed by atoms with Crippen molar-refractivity contribution >= 4 is 15.7 Å². The first kappa shape index (κ1) is 19.2. The van der Waals surface area contributed by atoms with Gasteiger partial charge in [0.15, 0.2) is 0 Å². The normalized spacial score (nSPS) is 12.1.